The summed E-state index contributed by atoms with van der Waals surface area (Å²) in [4.78, 5) is 24.7. The van der Waals surface area contributed by atoms with Crippen LogP contribution in [0, 0.1) is 0 Å². The molecule has 0 bridgehead atoms. The average Bonchev–Trinajstić information content (AvgIpc) is 2.31. The second-order valence-electron chi connectivity index (χ2n) is 4.98. The molecule has 6 heteroatoms. The summed E-state index contributed by atoms with van der Waals surface area (Å²) in [5, 5.41) is 20.7. The topological polar surface area (TPSA) is 89.9 Å². The molecule has 0 unspecified atom stereocenters. The first-order valence-corrected chi connectivity index (χ1v) is 7.01. The second-order valence-corrected chi connectivity index (χ2v) is 4.98. The molecule has 1 aliphatic carbocycles. The fraction of sp³-hybridized carbons (Fsp3) is 0.846. The summed E-state index contributed by atoms with van der Waals surface area (Å²) < 4.78 is 0. The molecule has 3 N–H and O–H groups in total. The number of amides is 2. The van der Waals surface area contributed by atoms with Crippen LogP contribution in [0.25, 0.3) is 0 Å². The Morgan fingerprint density at radius 2 is 2.11 bits per heavy atom. The van der Waals surface area contributed by atoms with Crippen LogP contribution in [-0.4, -0.2) is 52.3 Å². The maximum Gasteiger partial charge on any atom is 0.326 e. The Morgan fingerprint density at radius 1 is 1.42 bits per heavy atom. The predicted molar refractivity (Wildman–Crippen MR) is 70.9 cm³/mol. The number of aliphatic carboxylic acids is 1. The summed E-state index contributed by atoms with van der Waals surface area (Å²) in [7, 11) is 0. The van der Waals surface area contributed by atoms with Gasteiger partial charge in [-0.2, -0.15) is 0 Å². The Balaban J connectivity index is 2.54. The van der Waals surface area contributed by atoms with Crippen molar-refractivity contribution in [3.8, 4) is 0 Å². The monoisotopic (exact) mass is 272 g/mol. The van der Waals surface area contributed by atoms with Crippen LogP contribution in [0.15, 0.2) is 0 Å². The highest BCUT2D eigenvalue weighted by Gasteiger charge is 2.30. The first kappa shape index (κ1) is 15.8. The van der Waals surface area contributed by atoms with E-state index in [1.54, 1.807) is 4.90 Å². The number of unbranched alkanes of at least 4 members (excludes halogenated alkanes) is 1. The van der Waals surface area contributed by atoms with Crippen LogP contribution in [0.2, 0.25) is 0 Å². The molecule has 0 aromatic carbocycles. The average molecular weight is 272 g/mol. The van der Waals surface area contributed by atoms with Crippen LogP contribution in [0.1, 0.15) is 45.4 Å². The van der Waals surface area contributed by atoms with Crippen molar-refractivity contribution < 1.29 is 19.8 Å². The maximum atomic E-state index is 12.1. The molecule has 1 rings (SSSR count). The van der Waals surface area contributed by atoms with Gasteiger partial charge in [0.2, 0.25) is 0 Å². The van der Waals surface area contributed by atoms with Crippen molar-refractivity contribution >= 4 is 12.0 Å². The van der Waals surface area contributed by atoms with E-state index < -0.39 is 12.0 Å². The highest BCUT2D eigenvalue weighted by Crippen LogP contribution is 2.24. The molecule has 0 aromatic heterocycles. The van der Waals surface area contributed by atoms with Crippen LogP contribution in [0.5, 0.6) is 0 Å². The molecule has 1 atom stereocenters. The number of hydrogen-bond acceptors (Lipinski definition) is 3. The molecule has 110 valence electrons. The van der Waals surface area contributed by atoms with Gasteiger partial charge in [0, 0.05) is 12.6 Å². The number of aliphatic hydroxyl groups excluding tert-OH is 1. The van der Waals surface area contributed by atoms with Crippen molar-refractivity contribution in [3.05, 3.63) is 0 Å². The van der Waals surface area contributed by atoms with Gasteiger partial charge in [-0.15, -0.1) is 0 Å². The molecule has 1 fully saturated rings. The van der Waals surface area contributed by atoms with Gasteiger partial charge >= 0.3 is 12.0 Å². The molecule has 19 heavy (non-hydrogen) atoms. The molecule has 0 aromatic rings. The number of carboxylic acid groups (broad SMARTS) is 1. The molecule has 0 aliphatic heterocycles. The van der Waals surface area contributed by atoms with Crippen molar-refractivity contribution in [1.29, 1.82) is 0 Å². The van der Waals surface area contributed by atoms with Crippen LogP contribution in [0.3, 0.4) is 0 Å². The van der Waals surface area contributed by atoms with Gasteiger partial charge in [0.15, 0.2) is 0 Å². The lowest BCUT2D eigenvalue weighted by Crippen LogP contribution is -2.53. The number of hydrogen-bond donors (Lipinski definition) is 3. The minimum absolute atomic E-state index is 0.101. The minimum Gasteiger partial charge on any atom is -0.480 e. The van der Waals surface area contributed by atoms with Gasteiger partial charge in [-0.25, -0.2) is 9.59 Å². The number of rotatable bonds is 8. The smallest absolute Gasteiger partial charge is 0.326 e. The lowest BCUT2D eigenvalue weighted by molar-refractivity contribution is -0.139. The molecule has 1 aliphatic rings. The van der Waals surface area contributed by atoms with Crippen molar-refractivity contribution in [2.24, 2.45) is 0 Å². The Kier molecular flexibility index (Phi) is 6.62. The predicted octanol–water partition coefficient (Wildman–Crippen LogP) is 1.19. The Labute approximate surface area is 113 Å². The number of nitrogens with one attached hydrogen (secondary N) is 1. The molecular weight excluding hydrogens is 248 g/mol. The third-order valence-corrected chi connectivity index (χ3v) is 3.56. The summed E-state index contributed by atoms with van der Waals surface area (Å²) >= 11 is 0. The van der Waals surface area contributed by atoms with Gasteiger partial charge in [0.05, 0.1) is 6.61 Å². The summed E-state index contributed by atoms with van der Waals surface area (Å²) in [5.41, 5.74) is 0. The quantitative estimate of drug-likeness (QED) is 0.619. The van der Waals surface area contributed by atoms with Crippen LogP contribution in [-0.2, 0) is 4.79 Å². The van der Waals surface area contributed by atoms with E-state index in [1.807, 2.05) is 6.92 Å². The number of urea groups is 1. The number of carboxylic acids is 1. The second kappa shape index (κ2) is 7.99. The normalized spacial score (nSPS) is 16.5. The van der Waals surface area contributed by atoms with E-state index in [-0.39, 0.29) is 25.2 Å². The number of carbonyl (C=O) groups excluding carboxylic acids is 1. The Hall–Kier alpha value is -1.30. The summed E-state index contributed by atoms with van der Waals surface area (Å²) in [6.07, 6.45) is 5.04. The van der Waals surface area contributed by atoms with Crippen molar-refractivity contribution in [1.82, 2.24) is 10.2 Å². The maximum absolute atomic E-state index is 12.1. The molecule has 0 saturated heterocycles. The molecule has 2 amide bonds. The molecule has 0 heterocycles. The van der Waals surface area contributed by atoms with E-state index in [1.165, 1.54) is 0 Å². The zero-order valence-electron chi connectivity index (χ0n) is 11.5. The van der Waals surface area contributed by atoms with Gasteiger partial charge in [-0.3, -0.25) is 0 Å². The lowest BCUT2D eigenvalue weighted by atomic mass is 9.91. The Morgan fingerprint density at radius 3 is 2.53 bits per heavy atom. The fourth-order valence-electron chi connectivity index (χ4n) is 2.15. The van der Waals surface area contributed by atoms with Crippen molar-refractivity contribution in [3.63, 3.8) is 0 Å². The highest BCUT2D eigenvalue weighted by molar-refractivity contribution is 5.82. The van der Waals surface area contributed by atoms with Gasteiger partial charge in [0.1, 0.15) is 6.04 Å². The largest absolute Gasteiger partial charge is 0.480 e. The van der Waals surface area contributed by atoms with E-state index in [2.05, 4.69) is 5.32 Å². The van der Waals surface area contributed by atoms with Crippen LogP contribution >= 0.6 is 0 Å². The van der Waals surface area contributed by atoms with Crippen molar-refractivity contribution in [2.45, 2.75) is 57.5 Å². The Bertz CT molecular complexity index is 305. The number of carbonyl (C=O) groups is 2. The number of aliphatic hydroxyl groups is 1. The molecule has 0 spiro atoms. The van der Waals surface area contributed by atoms with Gasteiger partial charge in [-0.05, 0) is 25.7 Å². The summed E-state index contributed by atoms with van der Waals surface area (Å²) in [6.45, 7) is 2.14. The zero-order valence-corrected chi connectivity index (χ0v) is 11.5. The van der Waals surface area contributed by atoms with Crippen molar-refractivity contribution in [2.75, 3.05) is 13.2 Å². The summed E-state index contributed by atoms with van der Waals surface area (Å²) in [5.74, 6) is -1.00. The summed E-state index contributed by atoms with van der Waals surface area (Å²) in [6, 6.07) is -1.07. The first-order valence-electron chi connectivity index (χ1n) is 7.01. The SMILES string of the molecule is CCCC[C@H](NC(=O)N(CCO)C1CCC1)C(=O)O. The van der Waals surface area contributed by atoms with E-state index in [9.17, 15) is 9.59 Å². The molecule has 6 nitrogen and oxygen atoms in total. The van der Waals surface area contributed by atoms with Crippen LogP contribution < -0.4 is 5.32 Å². The van der Waals surface area contributed by atoms with E-state index in [0.29, 0.717) is 6.42 Å². The van der Waals surface area contributed by atoms with Gasteiger partial charge in [-0.1, -0.05) is 19.8 Å². The van der Waals surface area contributed by atoms with Gasteiger partial charge in [0.25, 0.3) is 0 Å². The molecule has 1 saturated carbocycles. The first-order chi connectivity index (χ1) is 9.10. The highest BCUT2D eigenvalue weighted by atomic mass is 16.4. The molecular formula is C13H24N2O4. The minimum atomic E-state index is -1.00. The van der Waals surface area contributed by atoms with E-state index in [4.69, 9.17) is 10.2 Å². The van der Waals surface area contributed by atoms with E-state index >= 15 is 0 Å². The van der Waals surface area contributed by atoms with Crippen LogP contribution in [0.4, 0.5) is 4.79 Å². The lowest BCUT2D eigenvalue weighted by Gasteiger charge is -2.37. The molecule has 0 radical (unpaired) electrons. The third kappa shape index (κ3) is 4.70. The standard InChI is InChI=1S/C13H24N2O4/c1-2-3-7-11(12(17)18)14-13(19)15(8-9-16)10-5-4-6-10/h10-11,16H,2-9H2,1H3,(H,14,19)(H,17,18)/t11-/m0/s1. The van der Waals surface area contributed by atoms with Gasteiger partial charge < -0.3 is 20.4 Å². The zero-order chi connectivity index (χ0) is 14.3. The fourth-order valence-corrected chi connectivity index (χ4v) is 2.15. The number of nitrogens with zero attached hydrogens (tertiary/aromatic N) is 1. The van der Waals surface area contributed by atoms with E-state index in [0.717, 1.165) is 32.1 Å². The third-order valence-electron chi connectivity index (χ3n) is 3.56.